The number of aryl methyl sites for hydroxylation is 1. The number of fused-ring (bicyclic) bond motifs is 12. The second-order valence-electron chi connectivity index (χ2n) is 15.1. The minimum atomic E-state index is 0.288. The van der Waals surface area contributed by atoms with Crippen molar-refractivity contribution in [2.75, 3.05) is 0 Å². The zero-order valence-electron chi connectivity index (χ0n) is 30.1. The maximum Gasteiger partial charge on any atom is 0.139 e. The molecule has 0 saturated carbocycles. The summed E-state index contributed by atoms with van der Waals surface area (Å²) in [6.07, 6.45) is 2.10. The van der Waals surface area contributed by atoms with Crippen molar-refractivity contribution >= 4 is 65.7 Å². The molecule has 0 aliphatic heterocycles. The normalized spacial score (nSPS) is 14.3. The zero-order chi connectivity index (χ0) is 36.0. The number of hydrogen-bond donors (Lipinski definition) is 0. The van der Waals surface area contributed by atoms with Crippen LogP contribution in [0.2, 0.25) is 0 Å². The van der Waals surface area contributed by atoms with Crippen LogP contribution in [0.4, 0.5) is 0 Å². The molecule has 0 unspecified atom stereocenters. The van der Waals surface area contributed by atoms with Crippen molar-refractivity contribution in [3.05, 3.63) is 192 Å². The number of para-hydroxylation sites is 2. The first-order chi connectivity index (χ1) is 27.2. The molecular formula is C52H35NO2. The Hall–Kier alpha value is -6.84. The molecule has 3 heteroatoms. The Morgan fingerprint density at radius 1 is 0.455 bits per heavy atom. The van der Waals surface area contributed by atoms with E-state index >= 15 is 0 Å². The summed E-state index contributed by atoms with van der Waals surface area (Å²) in [4.78, 5) is 0. The molecule has 0 amide bonds. The summed E-state index contributed by atoms with van der Waals surface area (Å²) in [6.45, 7) is 0.730. The summed E-state index contributed by atoms with van der Waals surface area (Å²) in [5.41, 5.74) is 16.4. The molecular weight excluding hydrogens is 671 g/mol. The minimum absolute atomic E-state index is 0.288. The molecule has 11 aromatic rings. The average molecular weight is 706 g/mol. The van der Waals surface area contributed by atoms with Gasteiger partial charge in [0.2, 0.25) is 0 Å². The molecule has 260 valence electrons. The van der Waals surface area contributed by atoms with E-state index < -0.39 is 0 Å². The number of rotatable bonds is 4. The summed E-state index contributed by atoms with van der Waals surface area (Å²) < 4.78 is 15.7. The third-order valence-corrected chi connectivity index (χ3v) is 12.2. The maximum absolute atomic E-state index is 6.69. The molecule has 1 aliphatic carbocycles. The number of aromatic nitrogens is 1. The Labute approximate surface area is 317 Å². The van der Waals surface area contributed by atoms with Crippen LogP contribution in [0.1, 0.15) is 34.6 Å². The molecule has 0 radical (unpaired) electrons. The molecule has 0 N–H and O–H groups in total. The molecule has 3 heterocycles. The van der Waals surface area contributed by atoms with Gasteiger partial charge in [0.15, 0.2) is 0 Å². The summed E-state index contributed by atoms with van der Waals surface area (Å²) in [6, 6.07) is 61.9. The van der Waals surface area contributed by atoms with Crippen molar-refractivity contribution in [1.29, 1.82) is 0 Å². The smallest absolute Gasteiger partial charge is 0.139 e. The van der Waals surface area contributed by atoms with Crippen molar-refractivity contribution in [2.24, 2.45) is 0 Å². The summed E-state index contributed by atoms with van der Waals surface area (Å²) >= 11 is 0. The van der Waals surface area contributed by atoms with Crippen LogP contribution in [0.15, 0.2) is 179 Å². The van der Waals surface area contributed by atoms with E-state index in [-0.39, 0.29) is 5.92 Å². The second kappa shape index (κ2) is 11.8. The molecule has 55 heavy (non-hydrogen) atoms. The highest BCUT2D eigenvalue weighted by Gasteiger charge is 2.25. The fourth-order valence-electron chi connectivity index (χ4n) is 9.58. The highest BCUT2D eigenvalue weighted by Crippen LogP contribution is 2.44. The number of benzene rings is 8. The summed E-state index contributed by atoms with van der Waals surface area (Å²) in [5, 5.41) is 7.05. The highest BCUT2D eigenvalue weighted by atomic mass is 16.3. The van der Waals surface area contributed by atoms with Crippen LogP contribution in [-0.2, 0) is 13.0 Å². The number of furan rings is 2. The largest absolute Gasteiger partial charge is 0.456 e. The topological polar surface area (TPSA) is 31.2 Å². The third-order valence-electron chi connectivity index (χ3n) is 12.2. The lowest BCUT2D eigenvalue weighted by Crippen LogP contribution is -2.02. The highest BCUT2D eigenvalue weighted by molar-refractivity contribution is 6.16. The van der Waals surface area contributed by atoms with E-state index in [2.05, 4.69) is 174 Å². The van der Waals surface area contributed by atoms with Gasteiger partial charge in [-0.2, -0.15) is 0 Å². The second-order valence-corrected chi connectivity index (χ2v) is 15.1. The first kappa shape index (κ1) is 30.6. The van der Waals surface area contributed by atoms with Crippen molar-refractivity contribution in [3.63, 3.8) is 0 Å². The first-order valence-electron chi connectivity index (χ1n) is 19.3. The van der Waals surface area contributed by atoms with E-state index in [1.165, 1.54) is 66.3 Å². The fraction of sp³-hybridized carbons (Fsp3) is 0.0769. The minimum Gasteiger partial charge on any atom is -0.456 e. The Morgan fingerprint density at radius 3 is 1.87 bits per heavy atom. The van der Waals surface area contributed by atoms with Gasteiger partial charge in [0, 0.05) is 61.9 Å². The Balaban J connectivity index is 1.04. The molecule has 1 atom stereocenters. The molecule has 12 rings (SSSR count). The van der Waals surface area contributed by atoms with Crippen LogP contribution in [0.25, 0.3) is 87.9 Å². The first-order valence-corrected chi connectivity index (χ1v) is 19.3. The molecule has 3 aromatic heterocycles. The van der Waals surface area contributed by atoms with E-state index in [4.69, 9.17) is 8.83 Å². The fourth-order valence-corrected chi connectivity index (χ4v) is 9.58. The van der Waals surface area contributed by atoms with Crippen molar-refractivity contribution in [2.45, 2.75) is 25.3 Å². The zero-order valence-corrected chi connectivity index (χ0v) is 30.1. The Bertz CT molecular complexity index is 3250. The van der Waals surface area contributed by atoms with Gasteiger partial charge in [-0.15, -0.1) is 0 Å². The van der Waals surface area contributed by atoms with E-state index in [0.29, 0.717) is 0 Å². The number of nitrogens with zero attached hydrogens (tertiary/aromatic N) is 1. The monoisotopic (exact) mass is 705 g/mol. The van der Waals surface area contributed by atoms with Crippen molar-refractivity contribution < 1.29 is 8.83 Å². The SMILES string of the molecule is c1ccc(-c2cc3oc4cc5oc6ccc([C@@H]7CCc8ccccc8-c8ccccc87)cc6c5cc4c3cc2Cn2c3ccccc3c3ccccc32)cc1. The summed E-state index contributed by atoms with van der Waals surface area (Å²) in [5.74, 6) is 0.288. The lowest BCUT2D eigenvalue weighted by molar-refractivity contribution is 0.655. The van der Waals surface area contributed by atoms with Crippen LogP contribution < -0.4 is 0 Å². The molecule has 0 spiro atoms. The number of hydrogen-bond acceptors (Lipinski definition) is 2. The lowest BCUT2D eigenvalue weighted by atomic mass is 9.85. The molecule has 0 bridgehead atoms. The van der Waals surface area contributed by atoms with Crippen molar-refractivity contribution in [1.82, 2.24) is 4.57 Å². The van der Waals surface area contributed by atoms with Gasteiger partial charge in [-0.25, -0.2) is 0 Å². The molecule has 8 aromatic carbocycles. The lowest BCUT2D eigenvalue weighted by Gasteiger charge is -2.18. The average Bonchev–Trinajstić information content (AvgIpc) is 3.84. The quantitative estimate of drug-likeness (QED) is 0.183. The van der Waals surface area contributed by atoms with E-state index in [1.54, 1.807) is 0 Å². The van der Waals surface area contributed by atoms with Crippen LogP contribution in [0.3, 0.4) is 0 Å². The predicted octanol–water partition coefficient (Wildman–Crippen LogP) is 14.1. The molecule has 0 fully saturated rings. The van der Waals surface area contributed by atoms with Crippen LogP contribution >= 0.6 is 0 Å². The predicted molar refractivity (Wildman–Crippen MR) is 227 cm³/mol. The van der Waals surface area contributed by atoms with Gasteiger partial charge in [-0.1, -0.05) is 121 Å². The van der Waals surface area contributed by atoms with Gasteiger partial charge in [-0.3, -0.25) is 0 Å². The van der Waals surface area contributed by atoms with Crippen LogP contribution in [0.5, 0.6) is 0 Å². The van der Waals surface area contributed by atoms with E-state index in [1.807, 2.05) is 0 Å². The summed E-state index contributed by atoms with van der Waals surface area (Å²) in [7, 11) is 0. The van der Waals surface area contributed by atoms with Gasteiger partial charge in [0.25, 0.3) is 0 Å². The van der Waals surface area contributed by atoms with Crippen molar-refractivity contribution in [3.8, 4) is 22.3 Å². The Morgan fingerprint density at radius 2 is 1.07 bits per heavy atom. The van der Waals surface area contributed by atoms with Gasteiger partial charge in [0.1, 0.15) is 22.3 Å². The van der Waals surface area contributed by atoms with Gasteiger partial charge in [-0.05, 0) is 99.8 Å². The van der Waals surface area contributed by atoms with E-state index in [0.717, 1.165) is 63.3 Å². The molecule has 0 saturated heterocycles. The maximum atomic E-state index is 6.69. The standard InChI is InChI=1S/C52H35NO2/c1-2-12-32(13-3-1)42-29-50-44(27-35(42)31-53-47-20-10-8-18-40(47)41-19-9-11-21-48(41)53)46-28-45-43-26-34(23-25-49(43)54-51(45)30-52(46)55-50)37-24-22-33-14-4-5-15-36(33)38-16-6-7-17-39(37)38/h1-21,23,25-30,37H,22,24,31H2/t37-/m0/s1. The van der Waals surface area contributed by atoms with Gasteiger partial charge < -0.3 is 13.4 Å². The molecule has 1 aliphatic rings. The Kier molecular flexibility index (Phi) is 6.58. The molecule has 3 nitrogen and oxygen atoms in total. The van der Waals surface area contributed by atoms with Crippen LogP contribution in [0, 0.1) is 0 Å². The van der Waals surface area contributed by atoms with Gasteiger partial charge >= 0.3 is 0 Å². The third kappa shape index (κ3) is 4.69. The van der Waals surface area contributed by atoms with E-state index in [9.17, 15) is 0 Å². The van der Waals surface area contributed by atoms with Crippen LogP contribution in [-0.4, -0.2) is 4.57 Å². The van der Waals surface area contributed by atoms with Gasteiger partial charge in [0.05, 0.1) is 0 Å².